The Balaban J connectivity index is 2.66. The maximum Gasteiger partial charge on any atom is 0.235 e. The molecule has 0 aliphatic carbocycles. The van der Waals surface area contributed by atoms with Crippen LogP contribution in [0.5, 0.6) is 0 Å². The van der Waals surface area contributed by atoms with Crippen LogP contribution in [0.15, 0.2) is 24.3 Å². The van der Waals surface area contributed by atoms with Gasteiger partial charge in [-0.2, -0.15) is 12.6 Å². The number of hydrogen-bond acceptors (Lipinski definition) is 2. The lowest BCUT2D eigenvalue weighted by Crippen LogP contribution is -2.35. The summed E-state index contributed by atoms with van der Waals surface area (Å²) >= 11 is 4.35. The van der Waals surface area contributed by atoms with Crippen LogP contribution in [0.4, 0.5) is 0 Å². The molecule has 0 fully saturated rings. The van der Waals surface area contributed by atoms with E-state index in [1.54, 1.807) is 4.90 Å². The van der Waals surface area contributed by atoms with Crippen molar-refractivity contribution in [1.82, 2.24) is 4.90 Å². The molecule has 0 aliphatic heterocycles. The highest BCUT2D eigenvalue weighted by atomic mass is 32.1. The first kappa shape index (κ1) is 14.1. The second-order valence-corrected chi connectivity index (χ2v) is 5.43. The molecular weight excluding hydrogens is 230 g/mol. The average Bonchev–Trinajstić information content (AvgIpc) is 2.26. The Morgan fingerprint density at radius 2 is 2.06 bits per heavy atom. The summed E-state index contributed by atoms with van der Waals surface area (Å²) in [5, 5.41) is -0.218. The Kier molecular flexibility index (Phi) is 5.06. The monoisotopic (exact) mass is 251 g/mol. The largest absolute Gasteiger partial charge is 0.340 e. The SMILES string of the molecule is Cc1cccc(CN(C)C(=O)C(S)C(C)C)c1. The molecule has 1 atom stereocenters. The molecule has 2 nitrogen and oxygen atoms in total. The summed E-state index contributed by atoms with van der Waals surface area (Å²) in [5.41, 5.74) is 2.37. The topological polar surface area (TPSA) is 20.3 Å². The molecule has 1 amide bonds. The zero-order valence-corrected chi connectivity index (χ0v) is 11.9. The van der Waals surface area contributed by atoms with Gasteiger partial charge in [-0.05, 0) is 18.4 Å². The lowest BCUT2D eigenvalue weighted by molar-refractivity contribution is -0.130. The van der Waals surface area contributed by atoms with E-state index < -0.39 is 0 Å². The van der Waals surface area contributed by atoms with Gasteiger partial charge in [0.2, 0.25) is 5.91 Å². The molecule has 94 valence electrons. The Bertz CT molecular complexity index is 390. The van der Waals surface area contributed by atoms with Gasteiger partial charge in [0.15, 0.2) is 0 Å². The minimum Gasteiger partial charge on any atom is -0.340 e. The highest BCUT2D eigenvalue weighted by Crippen LogP contribution is 2.14. The van der Waals surface area contributed by atoms with E-state index in [0.29, 0.717) is 6.54 Å². The Morgan fingerprint density at radius 3 is 2.59 bits per heavy atom. The fourth-order valence-electron chi connectivity index (χ4n) is 1.67. The minimum absolute atomic E-state index is 0.0878. The molecule has 1 rings (SSSR count). The number of benzene rings is 1. The molecule has 0 saturated heterocycles. The van der Waals surface area contributed by atoms with Gasteiger partial charge in [0, 0.05) is 13.6 Å². The van der Waals surface area contributed by atoms with E-state index in [-0.39, 0.29) is 17.1 Å². The fraction of sp³-hybridized carbons (Fsp3) is 0.500. The van der Waals surface area contributed by atoms with Gasteiger partial charge in [0.1, 0.15) is 0 Å². The molecule has 0 saturated carbocycles. The zero-order chi connectivity index (χ0) is 13.0. The van der Waals surface area contributed by atoms with Gasteiger partial charge in [-0.15, -0.1) is 0 Å². The molecule has 0 aliphatic rings. The van der Waals surface area contributed by atoms with Crippen molar-refractivity contribution in [2.75, 3.05) is 7.05 Å². The van der Waals surface area contributed by atoms with Crippen LogP contribution < -0.4 is 0 Å². The van der Waals surface area contributed by atoms with Crippen LogP contribution in [0, 0.1) is 12.8 Å². The van der Waals surface area contributed by atoms with Crippen LogP contribution in [-0.4, -0.2) is 23.1 Å². The standard InChI is InChI=1S/C14H21NOS/c1-10(2)13(17)14(16)15(4)9-12-7-5-6-11(3)8-12/h5-8,10,13,17H,9H2,1-4H3. The first-order chi connectivity index (χ1) is 7.91. The molecule has 0 radical (unpaired) electrons. The number of hydrogen-bond donors (Lipinski definition) is 1. The predicted octanol–water partition coefficient (Wildman–Crippen LogP) is 2.91. The number of thiol groups is 1. The number of amides is 1. The lowest BCUT2D eigenvalue weighted by atomic mass is 10.1. The molecule has 0 aromatic heterocycles. The van der Waals surface area contributed by atoms with Gasteiger partial charge in [-0.25, -0.2) is 0 Å². The van der Waals surface area contributed by atoms with Crippen molar-refractivity contribution >= 4 is 18.5 Å². The van der Waals surface area contributed by atoms with Crippen LogP contribution in [0.2, 0.25) is 0 Å². The summed E-state index contributed by atoms with van der Waals surface area (Å²) in [4.78, 5) is 13.8. The smallest absolute Gasteiger partial charge is 0.235 e. The van der Waals surface area contributed by atoms with Crippen molar-refractivity contribution < 1.29 is 4.79 Å². The van der Waals surface area contributed by atoms with E-state index in [0.717, 1.165) is 5.56 Å². The highest BCUT2D eigenvalue weighted by Gasteiger charge is 2.21. The fourth-order valence-corrected chi connectivity index (χ4v) is 1.87. The quantitative estimate of drug-likeness (QED) is 0.816. The number of aryl methyl sites for hydroxylation is 1. The molecule has 1 aromatic carbocycles. The Labute approximate surface area is 109 Å². The molecule has 17 heavy (non-hydrogen) atoms. The van der Waals surface area contributed by atoms with Crippen LogP contribution in [0.1, 0.15) is 25.0 Å². The second kappa shape index (κ2) is 6.10. The Hall–Kier alpha value is -0.960. The van der Waals surface area contributed by atoms with Gasteiger partial charge in [-0.1, -0.05) is 43.7 Å². The average molecular weight is 251 g/mol. The zero-order valence-electron chi connectivity index (χ0n) is 11.0. The third-order valence-corrected chi connectivity index (χ3v) is 3.58. The molecule has 1 aromatic rings. The third kappa shape index (κ3) is 4.08. The van der Waals surface area contributed by atoms with Crippen molar-refractivity contribution in [2.24, 2.45) is 5.92 Å². The highest BCUT2D eigenvalue weighted by molar-refractivity contribution is 7.81. The van der Waals surface area contributed by atoms with Crippen LogP contribution in [0.25, 0.3) is 0 Å². The van der Waals surface area contributed by atoms with E-state index in [1.807, 2.05) is 33.0 Å². The summed E-state index contributed by atoms with van der Waals surface area (Å²) in [7, 11) is 1.83. The molecule has 0 bridgehead atoms. The van der Waals surface area contributed by atoms with E-state index in [4.69, 9.17) is 0 Å². The Morgan fingerprint density at radius 1 is 1.41 bits per heavy atom. The van der Waals surface area contributed by atoms with Gasteiger partial charge >= 0.3 is 0 Å². The van der Waals surface area contributed by atoms with Gasteiger partial charge in [-0.3, -0.25) is 4.79 Å². The van der Waals surface area contributed by atoms with E-state index in [1.165, 1.54) is 5.56 Å². The minimum atomic E-state index is -0.218. The second-order valence-electron chi connectivity index (χ2n) is 4.87. The summed E-state index contributed by atoms with van der Waals surface area (Å²) in [6, 6.07) is 8.22. The predicted molar refractivity (Wildman–Crippen MR) is 75.3 cm³/mol. The first-order valence-corrected chi connectivity index (χ1v) is 6.42. The molecule has 0 N–H and O–H groups in total. The third-order valence-electron chi connectivity index (χ3n) is 2.76. The normalized spacial score (nSPS) is 12.6. The van der Waals surface area contributed by atoms with Crippen LogP contribution >= 0.6 is 12.6 Å². The molecule has 0 heterocycles. The van der Waals surface area contributed by atoms with E-state index in [2.05, 4.69) is 31.7 Å². The maximum absolute atomic E-state index is 12.0. The lowest BCUT2D eigenvalue weighted by Gasteiger charge is -2.23. The van der Waals surface area contributed by atoms with Crippen molar-refractivity contribution in [1.29, 1.82) is 0 Å². The van der Waals surface area contributed by atoms with Crippen LogP contribution in [-0.2, 0) is 11.3 Å². The molecule has 1 unspecified atom stereocenters. The number of rotatable bonds is 4. The maximum atomic E-state index is 12.0. The summed E-state index contributed by atoms with van der Waals surface area (Å²) in [6.07, 6.45) is 0. The van der Waals surface area contributed by atoms with Gasteiger partial charge in [0.05, 0.1) is 5.25 Å². The molecular formula is C14H21NOS. The van der Waals surface area contributed by atoms with Gasteiger partial charge in [0.25, 0.3) is 0 Å². The number of carbonyl (C=O) groups is 1. The van der Waals surface area contributed by atoms with Gasteiger partial charge < -0.3 is 4.90 Å². The first-order valence-electron chi connectivity index (χ1n) is 5.90. The summed E-state index contributed by atoms with van der Waals surface area (Å²) in [6.45, 7) is 6.72. The van der Waals surface area contributed by atoms with Crippen molar-refractivity contribution in [3.8, 4) is 0 Å². The van der Waals surface area contributed by atoms with Crippen molar-refractivity contribution in [2.45, 2.75) is 32.6 Å². The number of nitrogens with zero attached hydrogens (tertiary/aromatic N) is 1. The molecule has 3 heteroatoms. The summed E-state index contributed by atoms with van der Waals surface area (Å²) < 4.78 is 0. The summed E-state index contributed by atoms with van der Waals surface area (Å²) in [5.74, 6) is 0.343. The van der Waals surface area contributed by atoms with Crippen molar-refractivity contribution in [3.63, 3.8) is 0 Å². The van der Waals surface area contributed by atoms with Crippen molar-refractivity contribution in [3.05, 3.63) is 35.4 Å². The molecule has 0 spiro atoms. The van der Waals surface area contributed by atoms with E-state index >= 15 is 0 Å². The van der Waals surface area contributed by atoms with Crippen LogP contribution in [0.3, 0.4) is 0 Å². The van der Waals surface area contributed by atoms with E-state index in [9.17, 15) is 4.79 Å². The number of carbonyl (C=O) groups excluding carboxylic acids is 1.